The van der Waals surface area contributed by atoms with E-state index in [0.29, 0.717) is 36.1 Å². The SMILES string of the molecule is CCCCCCN1C(=O)/C(=N/OS(=O)(=O)c2ccc(OC)cc2)S/C(=N\OS(=O)(=O)c2ccc(OC)cc2)C1=O. The van der Waals surface area contributed by atoms with Crippen LogP contribution in [-0.4, -0.2) is 64.4 Å². The summed E-state index contributed by atoms with van der Waals surface area (Å²) in [5.41, 5.74) is 0. The van der Waals surface area contributed by atoms with E-state index in [-0.39, 0.29) is 16.3 Å². The minimum absolute atomic E-state index is 0.0350. The maximum Gasteiger partial charge on any atom is 0.358 e. The molecule has 0 atom stereocenters. The summed E-state index contributed by atoms with van der Waals surface area (Å²) < 4.78 is 69.8. The van der Waals surface area contributed by atoms with Crippen LogP contribution in [-0.2, 0) is 38.4 Å². The third-order valence-electron chi connectivity index (χ3n) is 5.42. The van der Waals surface area contributed by atoms with Crippen LogP contribution in [0.3, 0.4) is 0 Å². The number of amides is 2. The Hall–Kier alpha value is -3.63. The number of hydrogen-bond donors (Lipinski definition) is 0. The first-order valence-electron chi connectivity index (χ1n) is 11.9. The zero-order valence-electron chi connectivity index (χ0n) is 21.8. The van der Waals surface area contributed by atoms with Crippen LogP contribution in [0.25, 0.3) is 0 Å². The molecule has 0 radical (unpaired) electrons. The van der Waals surface area contributed by atoms with Gasteiger partial charge in [0.1, 0.15) is 21.3 Å². The molecule has 1 aliphatic heterocycles. The van der Waals surface area contributed by atoms with Gasteiger partial charge in [-0.15, -0.1) is 0 Å². The van der Waals surface area contributed by atoms with Crippen molar-refractivity contribution in [2.24, 2.45) is 10.3 Å². The molecule has 40 heavy (non-hydrogen) atoms. The molecule has 0 aliphatic carbocycles. The molecule has 0 unspecified atom stereocenters. The van der Waals surface area contributed by atoms with Gasteiger partial charge in [0.2, 0.25) is 10.1 Å². The fourth-order valence-electron chi connectivity index (χ4n) is 3.25. The minimum Gasteiger partial charge on any atom is -0.497 e. The Morgan fingerprint density at radius 2 is 1.12 bits per heavy atom. The zero-order valence-corrected chi connectivity index (χ0v) is 24.3. The number of rotatable bonds is 13. The first-order chi connectivity index (χ1) is 19.0. The molecular weight excluding hydrogens is 586 g/mol. The van der Waals surface area contributed by atoms with Crippen LogP contribution in [0.1, 0.15) is 32.6 Å². The lowest BCUT2D eigenvalue weighted by molar-refractivity contribution is -0.136. The molecule has 0 N–H and O–H groups in total. The van der Waals surface area contributed by atoms with Gasteiger partial charge >= 0.3 is 20.2 Å². The lowest BCUT2D eigenvalue weighted by Crippen LogP contribution is -2.48. The van der Waals surface area contributed by atoms with Crippen molar-refractivity contribution in [1.82, 2.24) is 4.90 Å². The van der Waals surface area contributed by atoms with E-state index in [1.807, 2.05) is 6.92 Å². The first-order valence-corrected chi connectivity index (χ1v) is 15.5. The van der Waals surface area contributed by atoms with E-state index in [1.165, 1.54) is 62.8 Å². The van der Waals surface area contributed by atoms with E-state index in [0.717, 1.165) is 17.7 Å². The van der Waals surface area contributed by atoms with Crippen molar-refractivity contribution in [2.45, 2.75) is 42.4 Å². The number of nitrogens with zero attached hydrogens (tertiary/aromatic N) is 3. The number of imide groups is 1. The molecule has 0 saturated carbocycles. The van der Waals surface area contributed by atoms with Crippen molar-refractivity contribution in [3.05, 3.63) is 48.5 Å². The van der Waals surface area contributed by atoms with Crippen LogP contribution in [0.15, 0.2) is 68.6 Å². The molecule has 1 fully saturated rings. The van der Waals surface area contributed by atoms with Crippen LogP contribution in [0.4, 0.5) is 0 Å². The molecule has 16 heteroatoms. The van der Waals surface area contributed by atoms with Crippen LogP contribution < -0.4 is 9.47 Å². The maximum absolute atomic E-state index is 13.0. The average Bonchev–Trinajstić information content (AvgIpc) is 2.95. The van der Waals surface area contributed by atoms with Gasteiger partial charge in [-0.05, 0) is 66.7 Å². The van der Waals surface area contributed by atoms with Gasteiger partial charge in [0, 0.05) is 6.54 Å². The number of benzene rings is 2. The second-order valence-corrected chi connectivity index (χ2v) is 12.2. The van der Waals surface area contributed by atoms with Gasteiger partial charge in [-0.3, -0.25) is 23.1 Å². The van der Waals surface area contributed by atoms with Crippen LogP contribution in [0.5, 0.6) is 11.5 Å². The van der Waals surface area contributed by atoms with Gasteiger partial charge in [0.15, 0.2) is 0 Å². The van der Waals surface area contributed by atoms with E-state index in [9.17, 15) is 26.4 Å². The predicted octanol–water partition coefficient (Wildman–Crippen LogP) is 3.12. The zero-order chi connectivity index (χ0) is 29.3. The van der Waals surface area contributed by atoms with Gasteiger partial charge in [-0.2, -0.15) is 16.8 Å². The Balaban J connectivity index is 1.88. The fourth-order valence-corrected chi connectivity index (χ4v) is 5.53. The lowest BCUT2D eigenvalue weighted by Gasteiger charge is -2.25. The summed E-state index contributed by atoms with van der Waals surface area (Å²) in [6.07, 6.45) is 2.93. The van der Waals surface area contributed by atoms with Crippen LogP contribution in [0.2, 0.25) is 0 Å². The molecule has 1 saturated heterocycles. The molecule has 0 aromatic heterocycles. The van der Waals surface area contributed by atoms with Crippen molar-refractivity contribution < 1.29 is 44.5 Å². The maximum atomic E-state index is 13.0. The highest BCUT2D eigenvalue weighted by atomic mass is 32.2. The van der Waals surface area contributed by atoms with E-state index < -0.39 is 42.1 Å². The van der Waals surface area contributed by atoms with E-state index in [2.05, 4.69) is 10.3 Å². The molecule has 13 nitrogen and oxygen atoms in total. The van der Waals surface area contributed by atoms with Gasteiger partial charge in [0.05, 0.1) is 14.2 Å². The highest BCUT2D eigenvalue weighted by Crippen LogP contribution is 2.24. The predicted molar refractivity (Wildman–Crippen MR) is 146 cm³/mol. The van der Waals surface area contributed by atoms with Crippen molar-refractivity contribution in [1.29, 1.82) is 0 Å². The molecule has 1 aliphatic rings. The monoisotopic (exact) mass is 613 g/mol. The highest BCUT2D eigenvalue weighted by molar-refractivity contribution is 8.29. The van der Waals surface area contributed by atoms with Crippen molar-refractivity contribution in [3.8, 4) is 11.5 Å². The average molecular weight is 614 g/mol. The summed E-state index contributed by atoms with van der Waals surface area (Å²) in [6.45, 7) is 1.96. The second-order valence-electron chi connectivity index (χ2n) is 8.13. The number of hydrogen-bond acceptors (Lipinski definition) is 13. The van der Waals surface area contributed by atoms with Crippen LogP contribution >= 0.6 is 11.8 Å². The molecule has 2 amide bonds. The summed E-state index contributed by atoms with van der Waals surface area (Å²) in [5, 5.41) is 5.83. The topological polar surface area (TPSA) is 167 Å². The number of methoxy groups -OCH3 is 2. The minimum atomic E-state index is -4.45. The smallest absolute Gasteiger partial charge is 0.358 e. The second kappa shape index (κ2) is 13.6. The summed E-state index contributed by atoms with van der Waals surface area (Å²) in [7, 11) is -6.07. The standard InChI is InChI=1S/C24H27N3O10S3/c1-4-5-6-7-16-27-23(28)21(25-36-39(30,31)19-12-8-17(34-2)9-13-19)38-22(24(27)29)26-37-40(32,33)20-14-10-18(35-3)11-15-20/h8-15H,4-7,16H2,1-3H3/b25-21-,26-22-. The van der Waals surface area contributed by atoms with E-state index in [1.54, 1.807) is 0 Å². The quantitative estimate of drug-likeness (QED) is 0.185. The molecule has 0 bridgehead atoms. The van der Waals surface area contributed by atoms with E-state index in [4.69, 9.17) is 18.0 Å². The first kappa shape index (κ1) is 30.9. The van der Waals surface area contributed by atoms with Gasteiger partial charge in [0.25, 0.3) is 11.8 Å². The summed E-state index contributed by atoms with van der Waals surface area (Å²) >= 11 is 0.319. The van der Waals surface area contributed by atoms with Crippen LogP contribution in [0, 0.1) is 0 Å². The number of ether oxygens (including phenoxy) is 2. The van der Waals surface area contributed by atoms with E-state index >= 15 is 0 Å². The molecule has 2 aromatic rings. The Labute approximate surface area is 236 Å². The Morgan fingerprint density at radius 1 is 0.700 bits per heavy atom. The van der Waals surface area contributed by atoms with Crippen molar-refractivity contribution in [3.63, 3.8) is 0 Å². The highest BCUT2D eigenvalue weighted by Gasteiger charge is 2.39. The largest absolute Gasteiger partial charge is 0.497 e. The van der Waals surface area contributed by atoms with Crippen molar-refractivity contribution >= 4 is 53.9 Å². The third-order valence-corrected chi connectivity index (χ3v) is 8.54. The summed E-state index contributed by atoms with van der Waals surface area (Å²) in [4.78, 5) is 26.3. The Kier molecular flexibility index (Phi) is 10.5. The number of thioether (sulfide) groups is 1. The normalized spacial score (nSPS) is 16.3. The Morgan fingerprint density at radius 3 is 1.50 bits per heavy atom. The third kappa shape index (κ3) is 7.73. The number of carbonyl (C=O) groups is 2. The van der Waals surface area contributed by atoms with Gasteiger partial charge in [-0.1, -0.05) is 36.5 Å². The van der Waals surface area contributed by atoms with Crippen molar-refractivity contribution in [2.75, 3.05) is 20.8 Å². The molecule has 1 heterocycles. The van der Waals surface area contributed by atoms with Gasteiger partial charge in [-0.25, -0.2) is 0 Å². The van der Waals surface area contributed by atoms with Gasteiger partial charge < -0.3 is 9.47 Å². The summed E-state index contributed by atoms with van der Waals surface area (Å²) in [6, 6.07) is 10.5. The Bertz CT molecular complexity index is 1380. The number of carbonyl (C=O) groups excluding carboxylic acids is 2. The lowest BCUT2D eigenvalue weighted by atomic mass is 10.2. The summed E-state index contributed by atoms with van der Waals surface area (Å²) in [5.74, 6) is -1.03. The molecule has 3 rings (SSSR count). The fraction of sp³-hybridized carbons (Fsp3) is 0.333. The number of oxime groups is 2. The number of unbranched alkanes of at least 4 members (excludes halogenated alkanes) is 3. The molecule has 216 valence electrons. The molecular formula is C24H27N3O10S3. The molecule has 2 aromatic carbocycles. The molecule has 0 spiro atoms.